The number of amides is 2. The number of carbonyl (C=O) groups excluding carboxylic acids is 2. The summed E-state index contributed by atoms with van der Waals surface area (Å²) in [5, 5.41) is 5.00. The second-order valence-electron chi connectivity index (χ2n) is 13.9. The van der Waals surface area contributed by atoms with Gasteiger partial charge in [0.05, 0.1) is 10.7 Å². The van der Waals surface area contributed by atoms with Crippen LogP contribution in [0, 0.1) is 5.92 Å². The number of nitrogens with one attached hydrogen (secondary N) is 2. The molecule has 2 amide bonds. The Morgan fingerprint density at radius 1 is 0.977 bits per heavy atom. The minimum absolute atomic E-state index is 0.254. The van der Waals surface area contributed by atoms with E-state index in [9.17, 15) is 9.59 Å². The summed E-state index contributed by atoms with van der Waals surface area (Å²) in [6.45, 7) is 14.7. The van der Waals surface area contributed by atoms with Crippen LogP contribution < -0.4 is 5.32 Å². The van der Waals surface area contributed by atoms with E-state index < -0.39 is 11.2 Å². The molecule has 2 aliphatic heterocycles. The van der Waals surface area contributed by atoms with E-state index in [-0.39, 0.29) is 18.1 Å². The van der Waals surface area contributed by atoms with E-state index in [1.807, 2.05) is 59.7 Å². The van der Waals surface area contributed by atoms with E-state index >= 15 is 0 Å². The molecule has 0 aliphatic carbocycles. The van der Waals surface area contributed by atoms with Crippen molar-refractivity contribution in [2.24, 2.45) is 5.92 Å². The lowest BCUT2D eigenvalue weighted by Crippen LogP contribution is -2.44. The Labute approximate surface area is 264 Å². The number of nitrogens with zero attached hydrogens (tertiary/aromatic N) is 4. The van der Waals surface area contributed by atoms with E-state index in [1.165, 1.54) is 0 Å². The molecule has 2 saturated heterocycles. The molecule has 0 spiro atoms. The summed E-state index contributed by atoms with van der Waals surface area (Å²) in [5.41, 5.74) is 2.46. The maximum Gasteiger partial charge on any atom is 0.410 e. The van der Waals surface area contributed by atoms with Gasteiger partial charge >= 0.3 is 12.2 Å². The van der Waals surface area contributed by atoms with Crippen molar-refractivity contribution in [1.29, 1.82) is 0 Å². The average Bonchev–Trinajstić information content (AvgIpc) is 3.40. The van der Waals surface area contributed by atoms with Gasteiger partial charge in [0.25, 0.3) is 0 Å². The van der Waals surface area contributed by atoms with E-state index in [1.54, 1.807) is 16.0 Å². The monoisotopic (exact) mass is 624 g/mol. The van der Waals surface area contributed by atoms with E-state index in [0.717, 1.165) is 53.8 Å². The molecule has 11 heteroatoms. The number of piperidine rings is 2. The van der Waals surface area contributed by atoms with E-state index in [0.29, 0.717) is 49.4 Å². The normalized spacial score (nSPS) is 18.4. The highest BCUT2D eigenvalue weighted by molar-refractivity contribution is 6.33. The number of pyridine rings is 2. The Morgan fingerprint density at radius 2 is 1.66 bits per heavy atom. The van der Waals surface area contributed by atoms with Crippen molar-refractivity contribution in [3.05, 3.63) is 41.2 Å². The molecule has 2 fully saturated rings. The Hall–Kier alpha value is -3.53. The molecular formula is C33H45ClN6O4. The molecule has 5 rings (SSSR count). The van der Waals surface area contributed by atoms with Crippen molar-refractivity contribution in [1.82, 2.24) is 24.8 Å². The van der Waals surface area contributed by atoms with Crippen LogP contribution >= 0.6 is 11.6 Å². The summed E-state index contributed by atoms with van der Waals surface area (Å²) in [4.78, 5) is 41.7. The summed E-state index contributed by atoms with van der Waals surface area (Å²) >= 11 is 6.71. The molecule has 2 aliphatic rings. The number of H-pyrrole nitrogens is 1. The number of rotatable bonds is 5. The number of likely N-dealkylation sites (tertiary alicyclic amines) is 2. The van der Waals surface area contributed by atoms with Gasteiger partial charge in [-0.25, -0.2) is 19.6 Å². The van der Waals surface area contributed by atoms with E-state index in [2.05, 4.69) is 21.4 Å². The van der Waals surface area contributed by atoms with Crippen LogP contribution in [0.1, 0.15) is 78.8 Å². The van der Waals surface area contributed by atoms with Crippen LogP contribution in [0.4, 0.5) is 15.4 Å². The Kier molecular flexibility index (Phi) is 9.30. The highest BCUT2D eigenvalue weighted by Gasteiger charge is 2.30. The first kappa shape index (κ1) is 31.9. The van der Waals surface area contributed by atoms with Gasteiger partial charge in [-0.3, -0.25) is 0 Å². The smallest absolute Gasteiger partial charge is 0.410 e. The van der Waals surface area contributed by atoms with Crippen molar-refractivity contribution >= 4 is 40.6 Å². The Bertz CT molecular complexity index is 1490. The molecule has 0 aromatic carbocycles. The highest BCUT2D eigenvalue weighted by Crippen LogP contribution is 2.36. The van der Waals surface area contributed by atoms with Gasteiger partial charge in [-0.2, -0.15) is 0 Å². The fraction of sp³-hybridized carbons (Fsp3) is 0.576. The third-order valence-corrected chi connectivity index (χ3v) is 8.29. The number of carbonyl (C=O) groups is 2. The number of halogens is 1. The summed E-state index contributed by atoms with van der Waals surface area (Å²) in [6.07, 6.45) is 4.91. The number of hydrogen-bond acceptors (Lipinski definition) is 7. The zero-order valence-corrected chi connectivity index (χ0v) is 27.5. The van der Waals surface area contributed by atoms with Gasteiger partial charge in [-0.05, 0) is 97.4 Å². The SMILES string of the molecule is CC(C)(C)OC(=O)N1CCC(c2cc3c(-c4nc(NCC5CCCN(C(=O)OC(C)(C)C)C5)ccc4Cl)ccnc3[nH]2)CC1. The Balaban J connectivity index is 1.26. The van der Waals surface area contributed by atoms with Crippen LogP contribution in [0.25, 0.3) is 22.3 Å². The summed E-state index contributed by atoms with van der Waals surface area (Å²) in [5.74, 6) is 1.30. The standard InChI is InChI=1S/C33H45ClN6O4/c1-32(2,3)43-30(41)39-16-12-22(13-17-39)26-18-24-23(11-14-35-29(24)37-26)28-25(34)9-10-27(38-28)36-19-21-8-7-15-40(20-21)31(42)44-33(4,5)6/h9-11,14,18,21-22H,7-8,12-13,15-17,19-20H2,1-6H3,(H,35,37)(H,36,38). The molecule has 0 radical (unpaired) electrons. The number of ether oxygens (including phenoxy) is 2. The molecule has 0 bridgehead atoms. The zero-order chi connectivity index (χ0) is 31.6. The number of aromatic nitrogens is 3. The molecule has 44 heavy (non-hydrogen) atoms. The van der Waals surface area contributed by atoms with Gasteiger partial charge in [-0.15, -0.1) is 0 Å². The number of hydrogen-bond donors (Lipinski definition) is 2. The maximum absolute atomic E-state index is 12.6. The van der Waals surface area contributed by atoms with Crippen molar-refractivity contribution in [3.8, 4) is 11.3 Å². The van der Waals surface area contributed by atoms with Gasteiger partial charge in [-0.1, -0.05) is 11.6 Å². The van der Waals surface area contributed by atoms with Gasteiger partial charge in [0, 0.05) is 61.5 Å². The lowest BCUT2D eigenvalue weighted by molar-refractivity contribution is 0.0169. The average molecular weight is 625 g/mol. The molecule has 1 atom stereocenters. The van der Waals surface area contributed by atoms with Crippen molar-refractivity contribution in [2.75, 3.05) is 38.0 Å². The van der Waals surface area contributed by atoms with Crippen LogP contribution in [-0.2, 0) is 9.47 Å². The van der Waals surface area contributed by atoms with Gasteiger partial charge in [0.2, 0.25) is 0 Å². The molecule has 5 heterocycles. The largest absolute Gasteiger partial charge is 0.444 e. The second kappa shape index (κ2) is 12.8. The predicted octanol–water partition coefficient (Wildman–Crippen LogP) is 7.45. The summed E-state index contributed by atoms with van der Waals surface area (Å²) in [6, 6.07) is 7.85. The first-order chi connectivity index (χ1) is 20.8. The predicted molar refractivity (Wildman–Crippen MR) is 173 cm³/mol. The van der Waals surface area contributed by atoms with Crippen molar-refractivity contribution in [3.63, 3.8) is 0 Å². The molecule has 10 nitrogen and oxygen atoms in total. The van der Waals surface area contributed by atoms with Crippen LogP contribution in [0.3, 0.4) is 0 Å². The molecule has 2 N–H and O–H groups in total. The fourth-order valence-electron chi connectivity index (χ4n) is 5.88. The van der Waals surface area contributed by atoms with Gasteiger partial charge in [0.15, 0.2) is 0 Å². The molecular weight excluding hydrogens is 580 g/mol. The van der Waals surface area contributed by atoms with Gasteiger partial charge in [0.1, 0.15) is 22.7 Å². The quantitative estimate of drug-likeness (QED) is 0.303. The molecule has 1 unspecified atom stereocenters. The molecule has 0 saturated carbocycles. The third kappa shape index (κ3) is 7.94. The summed E-state index contributed by atoms with van der Waals surface area (Å²) < 4.78 is 11.1. The number of fused-ring (bicyclic) bond motifs is 1. The van der Waals surface area contributed by atoms with Crippen molar-refractivity contribution in [2.45, 2.75) is 84.3 Å². The molecule has 3 aromatic heterocycles. The highest BCUT2D eigenvalue weighted by atomic mass is 35.5. The fourth-order valence-corrected chi connectivity index (χ4v) is 6.08. The third-order valence-electron chi connectivity index (χ3n) is 7.98. The Morgan fingerprint density at radius 3 is 2.34 bits per heavy atom. The maximum atomic E-state index is 12.6. The zero-order valence-electron chi connectivity index (χ0n) is 26.7. The minimum Gasteiger partial charge on any atom is -0.444 e. The second-order valence-corrected chi connectivity index (χ2v) is 14.3. The topological polar surface area (TPSA) is 113 Å². The number of aromatic amines is 1. The first-order valence-electron chi connectivity index (χ1n) is 15.6. The van der Waals surface area contributed by atoms with Gasteiger partial charge < -0.3 is 29.6 Å². The number of anilines is 1. The molecule has 3 aromatic rings. The van der Waals surface area contributed by atoms with Crippen molar-refractivity contribution < 1.29 is 19.1 Å². The first-order valence-corrected chi connectivity index (χ1v) is 16.0. The van der Waals surface area contributed by atoms with Crippen LogP contribution in [-0.4, -0.2) is 80.9 Å². The minimum atomic E-state index is -0.510. The lowest BCUT2D eigenvalue weighted by Gasteiger charge is -2.34. The van der Waals surface area contributed by atoms with Crippen LogP contribution in [0.2, 0.25) is 5.02 Å². The summed E-state index contributed by atoms with van der Waals surface area (Å²) in [7, 11) is 0. The van der Waals surface area contributed by atoms with E-state index in [4.69, 9.17) is 26.1 Å². The van der Waals surface area contributed by atoms with Crippen LogP contribution in [0.5, 0.6) is 0 Å². The van der Waals surface area contributed by atoms with Crippen LogP contribution in [0.15, 0.2) is 30.5 Å². The lowest BCUT2D eigenvalue weighted by atomic mass is 9.93. The molecule has 238 valence electrons.